The van der Waals surface area contributed by atoms with Gasteiger partial charge < -0.3 is 35.8 Å². The van der Waals surface area contributed by atoms with Crippen LogP contribution in [-0.4, -0.2) is 21.4 Å². The molecule has 0 bridgehead atoms. The molecule has 0 aromatic heterocycles. The van der Waals surface area contributed by atoms with E-state index in [1.54, 1.807) is 6.07 Å². The van der Waals surface area contributed by atoms with Crippen LogP contribution in [0, 0.1) is 0 Å². The van der Waals surface area contributed by atoms with E-state index in [1.807, 2.05) is 51.1 Å². The van der Waals surface area contributed by atoms with Crippen LogP contribution in [0.1, 0.15) is 312 Å². The summed E-state index contributed by atoms with van der Waals surface area (Å²) in [5.41, 5.74) is 26.3. The van der Waals surface area contributed by atoms with Crippen LogP contribution in [0.2, 0.25) is 0 Å². The van der Waals surface area contributed by atoms with E-state index in [-0.39, 0.29) is 54.8 Å². The number of aromatic hydroxyl groups is 3. The molecule has 9 heteroatoms. The minimum Gasteiger partial charge on any atom is -0.505 e. The molecule has 2 heterocycles. The van der Waals surface area contributed by atoms with Crippen LogP contribution in [0.3, 0.4) is 0 Å². The Morgan fingerprint density at radius 1 is 0.330 bits per heavy atom. The maximum absolute atomic E-state index is 11.0. The number of benzene rings is 8. The van der Waals surface area contributed by atoms with Crippen LogP contribution in [0.15, 0.2) is 146 Å². The van der Waals surface area contributed by atoms with Crippen LogP contribution in [0.4, 0.5) is 39.8 Å². The SMILES string of the molecule is CC(C)(C)c1cc(O)c(O)c(C(C)(C)C)c1.CCCCc1ccccc1N.CCCCc1ccccc1N1c2cc(C(C)(C)C)cc(C(C)(C)C)c2OC12Oc1c(cc(C(C)(C)C)cc1C(C)(C)C)N2c1ccccc1CCCC.CCCCc1ccccc1Nc1cc(C(C)(C)C)cc(C(C)(C)C)c1O. The number of nitrogen functional groups attached to an aromatic ring is 1. The molecule has 0 radical (unpaired) electrons. The Kier molecular flexibility index (Phi) is 27.0. The van der Waals surface area contributed by atoms with Crippen molar-refractivity contribution in [2.45, 2.75) is 320 Å². The molecule has 8 aromatic carbocycles. The van der Waals surface area contributed by atoms with Crippen molar-refractivity contribution in [3.63, 3.8) is 0 Å². The first-order chi connectivity index (χ1) is 49.1. The number of nitrogens with one attached hydrogen (secondary N) is 1. The predicted molar refractivity (Wildman–Crippen MR) is 457 cm³/mol. The quantitative estimate of drug-likeness (QED) is 0.0475. The van der Waals surface area contributed by atoms with Crippen molar-refractivity contribution in [3.05, 3.63) is 212 Å². The maximum Gasteiger partial charge on any atom is 0.444 e. The molecule has 8 aromatic rings. The van der Waals surface area contributed by atoms with Crippen LogP contribution in [-0.2, 0) is 69.0 Å². The van der Waals surface area contributed by atoms with Crippen molar-refractivity contribution >= 4 is 39.8 Å². The molecule has 0 amide bonds. The fraction of sp³-hybridized carbons (Fsp3) is 0.505. The third kappa shape index (κ3) is 20.4. The monoisotopic (exact) mass is 1440 g/mol. The summed E-state index contributed by atoms with van der Waals surface area (Å²) in [4.78, 5) is 4.86. The zero-order valence-corrected chi connectivity index (χ0v) is 71.0. The Morgan fingerprint density at radius 2 is 0.642 bits per heavy atom. The van der Waals surface area contributed by atoms with Crippen molar-refractivity contribution in [2.75, 3.05) is 20.9 Å². The highest BCUT2D eigenvalue weighted by Crippen LogP contribution is 2.63. The number of rotatable bonds is 16. The predicted octanol–water partition coefficient (Wildman–Crippen LogP) is 27.3. The number of phenols is 3. The Hall–Kier alpha value is -8.04. The summed E-state index contributed by atoms with van der Waals surface area (Å²) in [6.07, 6.45) is 13.4. The molecule has 106 heavy (non-hydrogen) atoms. The van der Waals surface area contributed by atoms with E-state index in [1.165, 1.54) is 75.8 Å². The van der Waals surface area contributed by atoms with Crippen molar-refractivity contribution in [2.24, 2.45) is 0 Å². The highest BCUT2D eigenvalue weighted by atomic mass is 16.8. The fourth-order valence-corrected chi connectivity index (χ4v) is 13.7. The topological polar surface area (TPSA) is 124 Å². The second kappa shape index (κ2) is 33.6. The lowest BCUT2D eigenvalue weighted by Gasteiger charge is -2.41. The van der Waals surface area contributed by atoms with Gasteiger partial charge in [0, 0.05) is 33.6 Å². The molecule has 2 aliphatic rings. The number of anilines is 7. The van der Waals surface area contributed by atoms with Crippen molar-refractivity contribution in [1.82, 2.24) is 0 Å². The normalized spacial score (nSPS) is 13.7. The van der Waals surface area contributed by atoms with E-state index in [9.17, 15) is 15.3 Å². The van der Waals surface area contributed by atoms with Gasteiger partial charge in [0.2, 0.25) is 0 Å². The van der Waals surface area contributed by atoms with E-state index < -0.39 is 6.03 Å². The van der Waals surface area contributed by atoms with Crippen LogP contribution in [0.5, 0.6) is 28.7 Å². The van der Waals surface area contributed by atoms with Crippen molar-refractivity contribution < 1.29 is 24.8 Å². The van der Waals surface area contributed by atoms with E-state index in [4.69, 9.17) is 15.2 Å². The number of hydrogen-bond acceptors (Lipinski definition) is 9. The second-order valence-electron chi connectivity index (χ2n) is 38.1. The number of unbranched alkanes of at least 4 members (excludes halogenated alkanes) is 4. The van der Waals surface area contributed by atoms with Gasteiger partial charge in [-0.3, -0.25) is 0 Å². The summed E-state index contributed by atoms with van der Waals surface area (Å²) in [6, 6.07) is 50.4. The Bertz CT molecular complexity index is 4110. The Labute approximate surface area is 643 Å². The molecular formula is C97H138N4O5. The Balaban J connectivity index is 0.000000242. The van der Waals surface area contributed by atoms with Gasteiger partial charge in [-0.05, 0) is 188 Å². The molecule has 9 nitrogen and oxygen atoms in total. The van der Waals surface area contributed by atoms with Crippen LogP contribution < -0.4 is 30.3 Å². The highest BCUT2D eigenvalue weighted by Gasteiger charge is 2.63. The number of fused-ring (bicyclic) bond motifs is 2. The molecule has 0 saturated carbocycles. The maximum atomic E-state index is 11.0. The van der Waals surface area contributed by atoms with Gasteiger partial charge in [0.1, 0.15) is 5.75 Å². The van der Waals surface area contributed by atoms with Gasteiger partial charge in [-0.15, -0.1) is 0 Å². The lowest BCUT2D eigenvalue weighted by Crippen LogP contribution is -2.61. The largest absolute Gasteiger partial charge is 0.505 e. The number of aryl methyl sites for hydroxylation is 4. The van der Waals surface area contributed by atoms with Gasteiger partial charge in [0.15, 0.2) is 23.0 Å². The molecule has 576 valence electrons. The molecule has 0 aliphatic carbocycles. The van der Waals surface area contributed by atoms with Gasteiger partial charge in [-0.1, -0.05) is 317 Å². The smallest absolute Gasteiger partial charge is 0.444 e. The summed E-state index contributed by atoms with van der Waals surface area (Å²) in [5, 5.41) is 34.1. The van der Waals surface area contributed by atoms with Crippen LogP contribution in [0.25, 0.3) is 0 Å². The first-order valence-electron chi connectivity index (χ1n) is 39.8. The number of hydrogen-bond donors (Lipinski definition) is 5. The van der Waals surface area contributed by atoms with Crippen molar-refractivity contribution in [1.29, 1.82) is 0 Å². The summed E-state index contributed by atoms with van der Waals surface area (Å²) in [5.74, 6) is 2.12. The minimum absolute atomic E-state index is 0.000463. The summed E-state index contributed by atoms with van der Waals surface area (Å²) in [7, 11) is 0. The number of nitrogens with zero attached hydrogens (tertiary/aromatic N) is 2. The Morgan fingerprint density at radius 3 is 1.02 bits per heavy atom. The average molecular weight is 1440 g/mol. The summed E-state index contributed by atoms with van der Waals surface area (Å²) < 4.78 is 15.5. The van der Waals surface area contributed by atoms with E-state index >= 15 is 0 Å². The molecule has 2 aliphatic heterocycles. The second-order valence-corrected chi connectivity index (χ2v) is 38.1. The first-order valence-corrected chi connectivity index (χ1v) is 39.8. The number of nitrogens with two attached hydrogens (primary N) is 1. The summed E-state index contributed by atoms with van der Waals surface area (Å²) >= 11 is 0. The molecule has 0 fully saturated rings. The van der Waals surface area contributed by atoms with Gasteiger partial charge in [-0.25, -0.2) is 9.80 Å². The molecule has 6 N–H and O–H groups in total. The standard InChI is InChI=1S/C49H66N2O2.C24H35NO.C14H22O2.C10H15N/c1-15-17-23-33-25-19-21-27-39(33)50-41-31-35(45(3,4)5)29-37(47(9,10)11)43(41)52-49(50)51(40-28-22-20-26-34(40)24-18-16-2)42-32-36(46(6,7)8)30-38(44(42)53-49)48(12,13)14;1-8-9-12-17-13-10-11-14-20(17)25-21-16-18(23(2,3)4)15-19(22(21)26)24(5,6)7;1-13(2,3)9-7-10(14(4,5)6)12(16)11(15)8-9;1-2-3-6-9-7-4-5-8-10(9)11/h19-22,25-32H,15-18,23-24H2,1-14H3;10-11,13-16,25-26H,8-9,12H2,1-7H3;7-8,15-16H,1-6H3;4-5,7-8H,2-3,6,11H2,1H3. The van der Waals surface area contributed by atoms with Gasteiger partial charge >= 0.3 is 6.03 Å². The van der Waals surface area contributed by atoms with E-state index in [0.717, 1.165) is 119 Å². The van der Waals surface area contributed by atoms with E-state index in [0.29, 0.717) is 5.75 Å². The summed E-state index contributed by atoms with van der Waals surface area (Å²) in [6.45, 7) is 62.1. The van der Waals surface area contributed by atoms with Gasteiger partial charge in [0.05, 0.1) is 28.4 Å². The molecular weight excluding hydrogens is 1300 g/mol. The van der Waals surface area contributed by atoms with Crippen LogP contribution >= 0.6 is 0 Å². The molecule has 10 rings (SSSR count). The molecule has 0 atom stereocenters. The average Bonchev–Trinajstić information content (AvgIpc) is 1.52. The van der Waals surface area contributed by atoms with Crippen molar-refractivity contribution in [3.8, 4) is 28.7 Å². The number of para-hydroxylation sites is 4. The third-order valence-corrected chi connectivity index (χ3v) is 20.6. The van der Waals surface area contributed by atoms with Gasteiger partial charge in [-0.2, -0.15) is 0 Å². The third-order valence-electron chi connectivity index (χ3n) is 20.6. The number of phenolic OH excluding ortho intramolecular Hbond substituents is 3. The zero-order valence-electron chi connectivity index (χ0n) is 71.0. The molecule has 0 unspecified atom stereocenters. The fourth-order valence-electron chi connectivity index (χ4n) is 13.7. The molecule has 0 saturated heterocycles. The first kappa shape index (κ1) is 85.2. The lowest BCUT2D eigenvalue weighted by atomic mass is 9.79. The minimum atomic E-state index is -1.36. The van der Waals surface area contributed by atoms with E-state index in [2.05, 4.69) is 297 Å². The van der Waals surface area contributed by atoms with Gasteiger partial charge in [0.25, 0.3) is 0 Å². The zero-order chi connectivity index (χ0) is 79.1. The lowest BCUT2D eigenvalue weighted by molar-refractivity contribution is -0.0737. The molecule has 1 spiro atoms. The highest BCUT2D eigenvalue weighted by molar-refractivity contribution is 5.87. The number of ether oxygens (including phenoxy) is 2.